The van der Waals surface area contributed by atoms with E-state index in [0.717, 1.165) is 19.4 Å². The van der Waals surface area contributed by atoms with Crippen molar-refractivity contribution in [2.24, 2.45) is 0 Å². The monoisotopic (exact) mass is 151 g/mol. The number of aromatic nitrogens is 1. The normalized spacial score (nSPS) is 9.91. The molecule has 0 unspecified atom stereocenters. The third kappa shape index (κ3) is 3.14. The Labute approximate surface area is 67.2 Å². The lowest BCUT2D eigenvalue weighted by atomic mass is 10.1. The summed E-state index contributed by atoms with van der Waals surface area (Å²) >= 11 is 0. The van der Waals surface area contributed by atoms with Crippen molar-refractivity contribution in [3.8, 4) is 0 Å². The summed E-state index contributed by atoms with van der Waals surface area (Å²) in [5.74, 6) is 0. The SMILES string of the molecule is COCCCc1ccncc1. The van der Waals surface area contributed by atoms with Crippen LogP contribution in [-0.4, -0.2) is 18.7 Å². The second kappa shape index (κ2) is 4.85. The summed E-state index contributed by atoms with van der Waals surface area (Å²) in [5, 5.41) is 0. The summed E-state index contributed by atoms with van der Waals surface area (Å²) in [5.41, 5.74) is 1.33. The summed E-state index contributed by atoms with van der Waals surface area (Å²) in [6, 6.07) is 4.07. The average molecular weight is 151 g/mol. The van der Waals surface area contributed by atoms with Gasteiger partial charge in [-0.2, -0.15) is 0 Å². The second-order valence-corrected chi connectivity index (χ2v) is 2.45. The third-order valence-electron chi connectivity index (χ3n) is 1.56. The van der Waals surface area contributed by atoms with Crippen molar-refractivity contribution >= 4 is 0 Å². The molecule has 0 saturated carbocycles. The number of hydrogen-bond donors (Lipinski definition) is 0. The van der Waals surface area contributed by atoms with Crippen molar-refractivity contribution in [3.63, 3.8) is 0 Å². The third-order valence-corrected chi connectivity index (χ3v) is 1.56. The molecular weight excluding hydrogens is 138 g/mol. The minimum atomic E-state index is 0.836. The molecule has 0 atom stereocenters. The first-order valence-corrected chi connectivity index (χ1v) is 3.81. The van der Waals surface area contributed by atoms with Gasteiger partial charge in [0.05, 0.1) is 0 Å². The lowest BCUT2D eigenvalue weighted by Crippen LogP contribution is -1.92. The van der Waals surface area contributed by atoms with Crippen LogP contribution >= 0.6 is 0 Å². The van der Waals surface area contributed by atoms with Crippen molar-refractivity contribution in [1.82, 2.24) is 4.98 Å². The van der Waals surface area contributed by atoms with Crippen molar-refractivity contribution in [3.05, 3.63) is 30.1 Å². The molecule has 2 heteroatoms. The van der Waals surface area contributed by atoms with E-state index in [1.54, 1.807) is 7.11 Å². The highest BCUT2D eigenvalue weighted by Gasteiger charge is 1.89. The molecule has 11 heavy (non-hydrogen) atoms. The minimum absolute atomic E-state index is 0.836. The highest BCUT2D eigenvalue weighted by molar-refractivity contribution is 5.09. The van der Waals surface area contributed by atoms with Crippen molar-refractivity contribution in [1.29, 1.82) is 0 Å². The maximum atomic E-state index is 4.95. The molecule has 1 rings (SSSR count). The predicted octanol–water partition coefficient (Wildman–Crippen LogP) is 1.66. The van der Waals surface area contributed by atoms with Gasteiger partial charge in [-0.1, -0.05) is 0 Å². The van der Waals surface area contributed by atoms with Gasteiger partial charge < -0.3 is 4.74 Å². The van der Waals surface area contributed by atoms with Crippen LogP contribution in [0, 0.1) is 0 Å². The molecule has 0 radical (unpaired) electrons. The zero-order valence-electron chi connectivity index (χ0n) is 6.79. The number of rotatable bonds is 4. The van der Waals surface area contributed by atoms with Crippen LogP contribution in [-0.2, 0) is 11.2 Å². The molecule has 0 N–H and O–H groups in total. The van der Waals surface area contributed by atoms with Crippen LogP contribution in [0.1, 0.15) is 12.0 Å². The fraction of sp³-hybridized carbons (Fsp3) is 0.444. The molecule has 0 spiro atoms. The first kappa shape index (κ1) is 8.21. The zero-order valence-corrected chi connectivity index (χ0v) is 6.79. The molecule has 0 amide bonds. The van der Waals surface area contributed by atoms with Crippen LogP contribution in [0.2, 0.25) is 0 Å². The van der Waals surface area contributed by atoms with Gasteiger partial charge in [0.1, 0.15) is 0 Å². The average Bonchev–Trinajstić information content (AvgIpc) is 2.07. The van der Waals surface area contributed by atoms with E-state index in [1.165, 1.54) is 5.56 Å². The van der Waals surface area contributed by atoms with Crippen LogP contribution in [0.3, 0.4) is 0 Å². The molecule has 1 aromatic heterocycles. The molecule has 2 nitrogen and oxygen atoms in total. The molecule has 0 aliphatic heterocycles. The summed E-state index contributed by atoms with van der Waals surface area (Å²) in [7, 11) is 1.73. The van der Waals surface area contributed by atoms with Gasteiger partial charge in [0, 0.05) is 26.1 Å². The molecule has 60 valence electrons. The summed E-state index contributed by atoms with van der Waals surface area (Å²) in [4.78, 5) is 3.94. The van der Waals surface area contributed by atoms with E-state index in [1.807, 2.05) is 24.5 Å². The van der Waals surface area contributed by atoms with Crippen LogP contribution in [0.5, 0.6) is 0 Å². The molecule has 0 aromatic carbocycles. The fourth-order valence-electron chi connectivity index (χ4n) is 0.970. The number of ether oxygens (including phenoxy) is 1. The van der Waals surface area contributed by atoms with Gasteiger partial charge in [-0.3, -0.25) is 4.98 Å². The first-order valence-electron chi connectivity index (χ1n) is 3.81. The Bertz CT molecular complexity index is 186. The molecule has 0 fully saturated rings. The molecule has 1 heterocycles. The van der Waals surface area contributed by atoms with Crippen LogP contribution in [0.15, 0.2) is 24.5 Å². The lowest BCUT2D eigenvalue weighted by Gasteiger charge is -1.98. The van der Waals surface area contributed by atoms with Gasteiger partial charge in [0.2, 0.25) is 0 Å². The Hall–Kier alpha value is -0.890. The predicted molar refractivity (Wildman–Crippen MR) is 44.4 cm³/mol. The molecular formula is C9H13NO. The van der Waals surface area contributed by atoms with Gasteiger partial charge in [-0.15, -0.1) is 0 Å². The molecule has 0 aliphatic rings. The van der Waals surface area contributed by atoms with Crippen LogP contribution in [0.25, 0.3) is 0 Å². The molecule has 0 bridgehead atoms. The summed E-state index contributed by atoms with van der Waals surface area (Å²) in [6.07, 6.45) is 5.81. The van der Waals surface area contributed by atoms with E-state index < -0.39 is 0 Å². The molecule has 1 aromatic rings. The van der Waals surface area contributed by atoms with Crippen LogP contribution < -0.4 is 0 Å². The molecule has 0 aliphatic carbocycles. The number of nitrogens with zero attached hydrogens (tertiary/aromatic N) is 1. The minimum Gasteiger partial charge on any atom is -0.385 e. The quantitative estimate of drug-likeness (QED) is 0.610. The molecule has 0 saturated heterocycles. The number of hydrogen-bond acceptors (Lipinski definition) is 2. The number of aryl methyl sites for hydroxylation is 1. The highest BCUT2D eigenvalue weighted by Crippen LogP contribution is 1.99. The largest absolute Gasteiger partial charge is 0.385 e. The first-order chi connectivity index (χ1) is 5.43. The summed E-state index contributed by atoms with van der Waals surface area (Å²) in [6.45, 7) is 0.836. The van der Waals surface area contributed by atoms with Crippen LogP contribution in [0.4, 0.5) is 0 Å². The maximum Gasteiger partial charge on any atom is 0.0465 e. The van der Waals surface area contributed by atoms with Crippen molar-refractivity contribution in [2.75, 3.05) is 13.7 Å². The van der Waals surface area contributed by atoms with E-state index in [9.17, 15) is 0 Å². The van der Waals surface area contributed by atoms with Gasteiger partial charge in [-0.05, 0) is 30.5 Å². The Morgan fingerprint density at radius 3 is 2.73 bits per heavy atom. The van der Waals surface area contributed by atoms with Gasteiger partial charge in [0.15, 0.2) is 0 Å². The van der Waals surface area contributed by atoms with E-state index in [4.69, 9.17) is 4.74 Å². The Morgan fingerprint density at radius 1 is 1.36 bits per heavy atom. The standard InChI is InChI=1S/C9H13NO/c1-11-8-2-3-9-4-6-10-7-5-9/h4-7H,2-3,8H2,1H3. The number of methoxy groups -OCH3 is 1. The number of pyridine rings is 1. The van der Waals surface area contributed by atoms with E-state index in [-0.39, 0.29) is 0 Å². The fourth-order valence-corrected chi connectivity index (χ4v) is 0.970. The topological polar surface area (TPSA) is 22.1 Å². The zero-order chi connectivity index (χ0) is 7.94. The Morgan fingerprint density at radius 2 is 2.09 bits per heavy atom. The van der Waals surface area contributed by atoms with Crippen molar-refractivity contribution in [2.45, 2.75) is 12.8 Å². The smallest absolute Gasteiger partial charge is 0.0465 e. The Kier molecular flexibility index (Phi) is 3.62. The van der Waals surface area contributed by atoms with E-state index >= 15 is 0 Å². The maximum absolute atomic E-state index is 4.95. The second-order valence-electron chi connectivity index (χ2n) is 2.45. The summed E-state index contributed by atoms with van der Waals surface area (Å²) < 4.78 is 4.95. The highest BCUT2D eigenvalue weighted by atomic mass is 16.5. The lowest BCUT2D eigenvalue weighted by molar-refractivity contribution is 0.195. The van der Waals surface area contributed by atoms with E-state index in [0.29, 0.717) is 0 Å². The van der Waals surface area contributed by atoms with Gasteiger partial charge in [0.25, 0.3) is 0 Å². The van der Waals surface area contributed by atoms with Gasteiger partial charge >= 0.3 is 0 Å². The van der Waals surface area contributed by atoms with E-state index in [2.05, 4.69) is 4.98 Å². The van der Waals surface area contributed by atoms with Gasteiger partial charge in [-0.25, -0.2) is 0 Å². The van der Waals surface area contributed by atoms with Crippen molar-refractivity contribution < 1.29 is 4.74 Å². The Balaban J connectivity index is 2.28.